The lowest BCUT2D eigenvalue weighted by Gasteiger charge is -2.31. The lowest BCUT2D eigenvalue weighted by Crippen LogP contribution is -2.41. The third-order valence-corrected chi connectivity index (χ3v) is 5.43. The summed E-state index contributed by atoms with van der Waals surface area (Å²) in [6, 6.07) is 13.8. The Morgan fingerprint density at radius 1 is 1.31 bits per heavy atom. The summed E-state index contributed by atoms with van der Waals surface area (Å²) in [5, 5.41) is 9.33. The van der Waals surface area contributed by atoms with Crippen LogP contribution in [0.15, 0.2) is 53.6 Å². The van der Waals surface area contributed by atoms with Gasteiger partial charge in [0, 0.05) is 19.2 Å². The van der Waals surface area contributed by atoms with Gasteiger partial charge in [-0.15, -0.1) is 0 Å². The van der Waals surface area contributed by atoms with Crippen LogP contribution in [-0.4, -0.2) is 55.4 Å². The molecule has 0 saturated heterocycles. The number of carbonyl (C=O) groups excluding carboxylic acids is 1. The van der Waals surface area contributed by atoms with Crippen LogP contribution in [0.25, 0.3) is 0 Å². The van der Waals surface area contributed by atoms with Gasteiger partial charge < -0.3 is 15.0 Å². The van der Waals surface area contributed by atoms with Gasteiger partial charge in [0.1, 0.15) is 11.6 Å². The summed E-state index contributed by atoms with van der Waals surface area (Å²) in [6.45, 7) is 1.84. The molecule has 152 valence electrons. The van der Waals surface area contributed by atoms with E-state index in [-0.39, 0.29) is 23.8 Å². The molecule has 0 fully saturated rings. The second kappa shape index (κ2) is 8.21. The number of halogens is 1. The predicted molar refractivity (Wildman–Crippen MR) is 110 cm³/mol. The fourth-order valence-corrected chi connectivity index (χ4v) is 3.95. The van der Waals surface area contributed by atoms with Crippen LogP contribution in [0.1, 0.15) is 23.6 Å². The number of nitrogens with zero attached hydrogens (tertiary/aromatic N) is 3. The molecule has 2 amide bonds. The number of rotatable bonds is 5. The normalized spacial score (nSPS) is 19.8. The van der Waals surface area contributed by atoms with Crippen molar-refractivity contribution in [3.8, 4) is 5.75 Å². The summed E-state index contributed by atoms with van der Waals surface area (Å²) >= 11 is 0. The van der Waals surface area contributed by atoms with E-state index >= 15 is 0 Å². The Labute approximate surface area is 170 Å². The Kier molecular flexibility index (Phi) is 5.49. The minimum absolute atomic E-state index is 0.152. The van der Waals surface area contributed by atoms with Gasteiger partial charge in [0.05, 0.1) is 24.3 Å². The lowest BCUT2D eigenvalue weighted by atomic mass is 9.86. The van der Waals surface area contributed by atoms with E-state index in [0.29, 0.717) is 30.2 Å². The van der Waals surface area contributed by atoms with Crippen molar-refractivity contribution in [3.63, 3.8) is 0 Å². The van der Waals surface area contributed by atoms with E-state index in [4.69, 9.17) is 9.84 Å². The van der Waals surface area contributed by atoms with Gasteiger partial charge in [-0.2, -0.15) is 5.10 Å². The summed E-state index contributed by atoms with van der Waals surface area (Å²) in [5.41, 5.74) is 2.31. The minimum Gasteiger partial charge on any atom is -0.492 e. The lowest BCUT2D eigenvalue weighted by molar-refractivity contribution is 0.133. The number of carbonyl (C=O) groups is 1. The molecule has 7 heteroatoms. The molecular formula is C22H25FN4O2. The highest BCUT2D eigenvalue weighted by Gasteiger charge is 2.45. The predicted octanol–water partition coefficient (Wildman–Crippen LogP) is 3.26. The second-order valence-corrected chi connectivity index (χ2v) is 7.40. The molecule has 0 aromatic heterocycles. The molecule has 6 nitrogen and oxygen atoms in total. The first-order valence-electron chi connectivity index (χ1n) is 9.85. The van der Waals surface area contributed by atoms with E-state index in [9.17, 15) is 9.18 Å². The highest BCUT2D eigenvalue weighted by molar-refractivity contribution is 6.07. The first-order chi connectivity index (χ1) is 14.1. The molecule has 0 radical (unpaired) electrons. The number of hydrogen-bond donors (Lipinski definition) is 1. The molecule has 0 bridgehead atoms. The van der Waals surface area contributed by atoms with Crippen molar-refractivity contribution in [2.24, 2.45) is 11.0 Å². The van der Waals surface area contributed by atoms with Crippen LogP contribution in [0.2, 0.25) is 0 Å². The summed E-state index contributed by atoms with van der Waals surface area (Å²) in [7, 11) is 3.67. The van der Waals surface area contributed by atoms with Crippen LogP contribution in [0.4, 0.5) is 9.18 Å². The van der Waals surface area contributed by atoms with Crippen molar-refractivity contribution < 1.29 is 13.9 Å². The van der Waals surface area contributed by atoms with Crippen LogP contribution in [0, 0.1) is 11.7 Å². The van der Waals surface area contributed by atoms with Crippen LogP contribution < -0.4 is 10.1 Å². The largest absolute Gasteiger partial charge is 0.492 e. The molecule has 0 aliphatic carbocycles. The fourth-order valence-electron chi connectivity index (χ4n) is 3.95. The van der Waals surface area contributed by atoms with E-state index in [0.717, 1.165) is 18.5 Å². The molecular weight excluding hydrogens is 371 g/mol. The van der Waals surface area contributed by atoms with Gasteiger partial charge in [0.2, 0.25) is 0 Å². The van der Waals surface area contributed by atoms with Gasteiger partial charge >= 0.3 is 6.03 Å². The maximum Gasteiger partial charge on any atom is 0.340 e. The van der Waals surface area contributed by atoms with Crippen LogP contribution in [0.3, 0.4) is 0 Å². The number of amides is 2. The van der Waals surface area contributed by atoms with Crippen LogP contribution in [0.5, 0.6) is 5.75 Å². The molecule has 4 rings (SSSR count). The molecule has 1 N–H and O–H groups in total. The van der Waals surface area contributed by atoms with Gasteiger partial charge in [0.15, 0.2) is 0 Å². The Morgan fingerprint density at radius 3 is 2.86 bits per heavy atom. The number of ether oxygens (including phenoxy) is 1. The van der Waals surface area contributed by atoms with Crippen molar-refractivity contribution in [1.82, 2.24) is 15.2 Å². The zero-order chi connectivity index (χ0) is 20.4. The molecule has 2 aliphatic rings. The fraction of sp³-hybridized carbons (Fsp3) is 0.364. The van der Waals surface area contributed by atoms with Crippen molar-refractivity contribution in [1.29, 1.82) is 0 Å². The van der Waals surface area contributed by atoms with E-state index in [1.165, 1.54) is 17.1 Å². The van der Waals surface area contributed by atoms with Gasteiger partial charge in [-0.05, 0) is 43.8 Å². The summed E-state index contributed by atoms with van der Waals surface area (Å²) < 4.78 is 19.8. The molecule has 2 aliphatic heterocycles. The van der Waals surface area contributed by atoms with E-state index in [1.54, 1.807) is 18.0 Å². The molecule has 2 unspecified atom stereocenters. The number of nitrogens with one attached hydrogen (secondary N) is 1. The molecule has 0 saturated carbocycles. The average Bonchev–Trinajstić information content (AvgIpc) is 3.14. The van der Waals surface area contributed by atoms with Crippen molar-refractivity contribution in [3.05, 3.63) is 65.5 Å². The molecule has 2 heterocycles. The Morgan fingerprint density at radius 2 is 2.10 bits per heavy atom. The van der Waals surface area contributed by atoms with Crippen molar-refractivity contribution >= 4 is 11.7 Å². The number of benzene rings is 2. The molecule has 2 atom stereocenters. The van der Waals surface area contributed by atoms with Gasteiger partial charge in [-0.3, -0.25) is 0 Å². The molecule has 2 aromatic rings. The van der Waals surface area contributed by atoms with E-state index in [2.05, 4.69) is 5.32 Å². The molecule has 29 heavy (non-hydrogen) atoms. The summed E-state index contributed by atoms with van der Waals surface area (Å²) in [5.74, 6) is 0.104. The Balaban J connectivity index is 1.70. The third kappa shape index (κ3) is 3.70. The van der Waals surface area contributed by atoms with Crippen LogP contribution >= 0.6 is 0 Å². The van der Waals surface area contributed by atoms with Gasteiger partial charge in [-0.25, -0.2) is 14.2 Å². The zero-order valence-corrected chi connectivity index (χ0v) is 16.6. The van der Waals surface area contributed by atoms with E-state index < -0.39 is 0 Å². The van der Waals surface area contributed by atoms with Crippen molar-refractivity contribution in [2.45, 2.75) is 12.5 Å². The SMILES string of the molecule is CNCCCN(C)C(=O)N1N=C2c3cc(F)ccc3OCC2C1c1ccccc1. The number of hydrazone groups is 1. The van der Waals surface area contributed by atoms with Crippen LogP contribution in [-0.2, 0) is 0 Å². The highest BCUT2D eigenvalue weighted by Crippen LogP contribution is 2.42. The number of urea groups is 1. The van der Waals surface area contributed by atoms with Gasteiger partial charge in [-0.1, -0.05) is 30.3 Å². The molecule has 0 spiro atoms. The quantitative estimate of drug-likeness (QED) is 0.790. The summed E-state index contributed by atoms with van der Waals surface area (Å²) in [4.78, 5) is 14.9. The van der Waals surface area contributed by atoms with Crippen molar-refractivity contribution in [2.75, 3.05) is 33.8 Å². The zero-order valence-electron chi connectivity index (χ0n) is 16.6. The average molecular weight is 396 g/mol. The summed E-state index contributed by atoms with van der Waals surface area (Å²) in [6.07, 6.45) is 0.847. The smallest absolute Gasteiger partial charge is 0.340 e. The number of hydrogen-bond acceptors (Lipinski definition) is 4. The Hall–Kier alpha value is -2.93. The minimum atomic E-state index is -0.346. The topological polar surface area (TPSA) is 57.2 Å². The Bertz CT molecular complexity index is 918. The second-order valence-electron chi connectivity index (χ2n) is 7.40. The first kappa shape index (κ1) is 19.4. The maximum absolute atomic E-state index is 13.9. The first-order valence-corrected chi connectivity index (χ1v) is 9.85. The maximum atomic E-state index is 13.9. The highest BCUT2D eigenvalue weighted by atomic mass is 19.1. The molecule has 2 aromatic carbocycles. The van der Waals surface area contributed by atoms with Gasteiger partial charge in [0.25, 0.3) is 0 Å². The third-order valence-electron chi connectivity index (χ3n) is 5.43. The monoisotopic (exact) mass is 396 g/mol. The van der Waals surface area contributed by atoms with E-state index in [1.807, 2.05) is 37.4 Å². The number of fused-ring (bicyclic) bond motifs is 3. The standard InChI is InChI=1S/C22H25FN4O2/c1-24-11-6-12-26(2)22(28)27-21(15-7-4-3-5-8-15)18-14-29-19-10-9-16(23)13-17(19)20(18)25-27/h3-5,7-10,13,18,21,24H,6,11-12,14H2,1-2H3.